The molecule has 80 valence electrons. The second-order valence-electron chi connectivity index (χ2n) is 5.16. The van der Waals surface area contributed by atoms with Crippen molar-refractivity contribution in [2.45, 2.75) is 27.2 Å². The number of nitrogen functional groups attached to an aromatic ring is 1. The first kappa shape index (κ1) is 10.0. The van der Waals surface area contributed by atoms with E-state index in [1.807, 2.05) is 12.1 Å². The van der Waals surface area contributed by atoms with Gasteiger partial charge in [0.25, 0.3) is 0 Å². The van der Waals surface area contributed by atoms with E-state index in [1.54, 1.807) is 10.9 Å². The summed E-state index contributed by atoms with van der Waals surface area (Å²) in [5.41, 5.74) is 2.24. The fourth-order valence-electron chi connectivity index (χ4n) is 1.79. The third-order valence-corrected chi connectivity index (χ3v) is 2.39. The Morgan fingerprint density at radius 3 is 2.73 bits per heavy atom. The molecule has 2 N–H and O–H groups in total. The summed E-state index contributed by atoms with van der Waals surface area (Å²) in [5, 5.41) is 1.11. The van der Waals surface area contributed by atoms with Crippen LogP contribution in [0.2, 0.25) is 0 Å². The Morgan fingerprint density at radius 2 is 2.13 bits per heavy atom. The zero-order chi connectivity index (χ0) is 11.1. The molecule has 0 atom stereocenters. The highest BCUT2D eigenvalue weighted by atomic mass is 15.3. The zero-order valence-electron chi connectivity index (χ0n) is 9.49. The minimum Gasteiger partial charge on any atom is -0.337 e. The second-order valence-corrected chi connectivity index (χ2v) is 5.16. The maximum absolute atomic E-state index is 6.00. The molecule has 0 radical (unpaired) electrons. The first-order chi connectivity index (χ1) is 6.97. The standard InChI is InChI=1S/C12H17N3/c1-12(2,3)8-10-7-9-5-4-6-14-11(9)15(10)13/h4-7H,8,13H2,1-3H3. The van der Waals surface area contributed by atoms with Crippen LogP contribution >= 0.6 is 0 Å². The molecule has 0 aliphatic carbocycles. The van der Waals surface area contributed by atoms with Gasteiger partial charge in [0.2, 0.25) is 0 Å². The van der Waals surface area contributed by atoms with Crippen LogP contribution in [0.3, 0.4) is 0 Å². The van der Waals surface area contributed by atoms with Gasteiger partial charge in [0.15, 0.2) is 5.65 Å². The van der Waals surface area contributed by atoms with E-state index in [4.69, 9.17) is 5.84 Å². The Morgan fingerprint density at radius 1 is 1.40 bits per heavy atom. The molecule has 0 amide bonds. The quantitative estimate of drug-likeness (QED) is 0.723. The molecule has 0 bridgehead atoms. The first-order valence-electron chi connectivity index (χ1n) is 5.18. The maximum atomic E-state index is 6.00. The largest absolute Gasteiger partial charge is 0.337 e. The van der Waals surface area contributed by atoms with E-state index in [0.29, 0.717) is 0 Å². The number of nitrogens with two attached hydrogens (primary N) is 1. The summed E-state index contributed by atoms with van der Waals surface area (Å²) in [5.74, 6) is 6.00. The molecule has 0 saturated heterocycles. The fraction of sp³-hybridized carbons (Fsp3) is 0.417. The van der Waals surface area contributed by atoms with Crippen molar-refractivity contribution in [3.63, 3.8) is 0 Å². The van der Waals surface area contributed by atoms with Gasteiger partial charge in [-0.15, -0.1) is 0 Å². The number of rotatable bonds is 1. The van der Waals surface area contributed by atoms with Gasteiger partial charge < -0.3 is 5.84 Å². The average Bonchev–Trinajstić information content (AvgIpc) is 2.42. The summed E-state index contributed by atoms with van der Waals surface area (Å²) in [6.07, 6.45) is 2.73. The van der Waals surface area contributed by atoms with Gasteiger partial charge in [-0.1, -0.05) is 20.8 Å². The van der Waals surface area contributed by atoms with E-state index in [1.165, 1.54) is 0 Å². The molecular formula is C12H17N3. The number of pyridine rings is 1. The topological polar surface area (TPSA) is 43.8 Å². The van der Waals surface area contributed by atoms with Crippen molar-refractivity contribution in [1.29, 1.82) is 0 Å². The van der Waals surface area contributed by atoms with Gasteiger partial charge in [-0.3, -0.25) is 0 Å². The molecule has 2 heterocycles. The molecule has 0 aromatic carbocycles. The van der Waals surface area contributed by atoms with Gasteiger partial charge in [-0.2, -0.15) is 0 Å². The molecule has 2 aromatic rings. The minimum absolute atomic E-state index is 0.242. The Labute approximate surface area is 89.9 Å². The molecular weight excluding hydrogens is 186 g/mol. The van der Waals surface area contributed by atoms with Crippen molar-refractivity contribution in [3.05, 3.63) is 30.1 Å². The highest BCUT2D eigenvalue weighted by Gasteiger charge is 2.15. The Bertz CT molecular complexity index is 477. The van der Waals surface area contributed by atoms with Crippen LogP contribution in [0.1, 0.15) is 26.5 Å². The van der Waals surface area contributed by atoms with Crippen molar-refractivity contribution in [1.82, 2.24) is 9.66 Å². The molecule has 2 rings (SSSR count). The van der Waals surface area contributed by atoms with E-state index in [-0.39, 0.29) is 5.41 Å². The number of nitrogens with zero attached hydrogens (tertiary/aromatic N) is 2. The Kier molecular flexibility index (Phi) is 2.18. The van der Waals surface area contributed by atoms with Gasteiger partial charge in [0.1, 0.15) is 0 Å². The van der Waals surface area contributed by atoms with Crippen LogP contribution in [0.5, 0.6) is 0 Å². The van der Waals surface area contributed by atoms with Crippen molar-refractivity contribution >= 4 is 11.0 Å². The van der Waals surface area contributed by atoms with Crippen LogP contribution in [-0.4, -0.2) is 9.66 Å². The molecule has 0 aliphatic heterocycles. The number of aromatic nitrogens is 2. The van der Waals surface area contributed by atoms with Crippen LogP contribution < -0.4 is 5.84 Å². The van der Waals surface area contributed by atoms with Crippen LogP contribution in [-0.2, 0) is 6.42 Å². The van der Waals surface area contributed by atoms with Crippen molar-refractivity contribution < 1.29 is 0 Å². The van der Waals surface area contributed by atoms with Crippen molar-refractivity contribution in [3.8, 4) is 0 Å². The number of fused-ring (bicyclic) bond motifs is 1. The lowest BCUT2D eigenvalue weighted by Gasteiger charge is -2.17. The lowest BCUT2D eigenvalue weighted by atomic mass is 9.90. The molecule has 3 heteroatoms. The summed E-state index contributed by atoms with van der Waals surface area (Å²) in [7, 11) is 0. The van der Waals surface area contributed by atoms with Crippen LogP contribution in [0.4, 0.5) is 0 Å². The van der Waals surface area contributed by atoms with Crippen LogP contribution in [0.25, 0.3) is 11.0 Å². The summed E-state index contributed by atoms with van der Waals surface area (Å²) in [4.78, 5) is 4.27. The normalized spacial score (nSPS) is 12.2. The summed E-state index contributed by atoms with van der Waals surface area (Å²) >= 11 is 0. The maximum Gasteiger partial charge on any atom is 0.158 e. The lowest BCUT2D eigenvalue weighted by Crippen LogP contribution is -2.18. The van der Waals surface area contributed by atoms with E-state index in [2.05, 4.69) is 31.8 Å². The van der Waals surface area contributed by atoms with E-state index >= 15 is 0 Å². The molecule has 0 aliphatic rings. The smallest absolute Gasteiger partial charge is 0.158 e. The molecule has 0 unspecified atom stereocenters. The summed E-state index contributed by atoms with van der Waals surface area (Å²) in [6, 6.07) is 6.09. The predicted molar refractivity (Wildman–Crippen MR) is 63.0 cm³/mol. The molecule has 2 aromatic heterocycles. The highest BCUT2D eigenvalue weighted by Crippen LogP contribution is 2.23. The van der Waals surface area contributed by atoms with Crippen LogP contribution in [0, 0.1) is 5.41 Å². The van der Waals surface area contributed by atoms with Gasteiger partial charge >= 0.3 is 0 Å². The molecule has 15 heavy (non-hydrogen) atoms. The monoisotopic (exact) mass is 203 g/mol. The third-order valence-electron chi connectivity index (χ3n) is 2.39. The average molecular weight is 203 g/mol. The van der Waals surface area contributed by atoms with E-state index < -0.39 is 0 Å². The number of hydrogen-bond donors (Lipinski definition) is 1. The molecule has 0 fully saturated rings. The Hall–Kier alpha value is -1.51. The number of hydrogen-bond acceptors (Lipinski definition) is 2. The summed E-state index contributed by atoms with van der Waals surface area (Å²) in [6.45, 7) is 6.62. The minimum atomic E-state index is 0.242. The Balaban J connectivity index is 2.49. The van der Waals surface area contributed by atoms with Gasteiger partial charge in [0, 0.05) is 17.3 Å². The first-order valence-corrected chi connectivity index (χ1v) is 5.18. The van der Waals surface area contributed by atoms with Crippen molar-refractivity contribution in [2.24, 2.45) is 5.41 Å². The van der Waals surface area contributed by atoms with Gasteiger partial charge in [0.05, 0.1) is 0 Å². The highest BCUT2D eigenvalue weighted by molar-refractivity contribution is 5.77. The van der Waals surface area contributed by atoms with E-state index in [0.717, 1.165) is 23.1 Å². The SMILES string of the molecule is CC(C)(C)Cc1cc2cccnc2n1N. The van der Waals surface area contributed by atoms with Crippen molar-refractivity contribution in [2.75, 3.05) is 5.84 Å². The zero-order valence-corrected chi connectivity index (χ0v) is 9.49. The second kappa shape index (κ2) is 3.26. The third kappa shape index (κ3) is 1.96. The van der Waals surface area contributed by atoms with Gasteiger partial charge in [-0.05, 0) is 30.0 Å². The molecule has 3 nitrogen and oxygen atoms in total. The lowest BCUT2D eigenvalue weighted by molar-refractivity contribution is 0.403. The molecule has 0 spiro atoms. The molecule has 0 saturated carbocycles. The van der Waals surface area contributed by atoms with Gasteiger partial charge in [-0.25, -0.2) is 9.66 Å². The fourth-order valence-corrected chi connectivity index (χ4v) is 1.79. The van der Waals surface area contributed by atoms with E-state index in [9.17, 15) is 0 Å². The van der Waals surface area contributed by atoms with Crippen LogP contribution in [0.15, 0.2) is 24.4 Å². The predicted octanol–water partition coefficient (Wildman–Crippen LogP) is 2.34. The summed E-state index contributed by atoms with van der Waals surface area (Å²) < 4.78 is 1.70.